The van der Waals surface area contributed by atoms with Gasteiger partial charge in [0.2, 0.25) is 0 Å². The van der Waals surface area contributed by atoms with Gasteiger partial charge >= 0.3 is 0 Å². The monoisotopic (exact) mass is 2500 g/mol. The Labute approximate surface area is 819 Å². The number of aromatic nitrogens is 10. The van der Waals surface area contributed by atoms with Crippen molar-refractivity contribution in [2.24, 2.45) is 21.7 Å². The van der Waals surface area contributed by atoms with Crippen molar-refractivity contribution in [1.29, 1.82) is 0 Å². The van der Waals surface area contributed by atoms with Crippen LogP contribution in [0.3, 0.4) is 0 Å². The normalized spacial score (nSPS) is 12.5. The number of nitrogens with zero attached hydrogens (tertiary/aromatic N) is 10. The molecule has 4 unspecified atom stereocenters. The molecule has 128 heavy (non-hydrogen) atoms. The number of rotatable bonds is 4. The van der Waals surface area contributed by atoms with Gasteiger partial charge in [-0.25, -0.2) is 24.9 Å². The van der Waals surface area contributed by atoms with Gasteiger partial charge in [0.15, 0.2) is 0 Å². The van der Waals surface area contributed by atoms with Crippen molar-refractivity contribution in [2.45, 2.75) is 167 Å². The van der Waals surface area contributed by atoms with Crippen LogP contribution in [0.2, 0.25) is 0 Å². The topological polar surface area (TPSA) is 210 Å². The summed E-state index contributed by atoms with van der Waals surface area (Å²) in [6.07, 6.45) is 9.18. The minimum atomic E-state index is -0.443. The smallest absolute Gasteiger partial charge is 0.105 e. The molecule has 2 radical (unpaired) electrons. The second-order valence-corrected chi connectivity index (χ2v) is 37.0. The second-order valence-electron chi connectivity index (χ2n) is 37.0. The van der Waals surface area contributed by atoms with E-state index in [2.05, 4.69) is 247 Å². The Balaban J connectivity index is 0.000000169. The summed E-state index contributed by atoms with van der Waals surface area (Å²) in [5.41, 5.74) is 8.44. The van der Waals surface area contributed by atoms with Crippen molar-refractivity contribution in [2.75, 3.05) is 0 Å². The number of aliphatic hydroxyl groups is 4. The predicted octanol–water partition coefficient (Wildman–Crippen LogP) is 25.3. The molecule has 4 N–H and O–H groups in total. The van der Waals surface area contributed by atoms with Crippen LogP contribution in [0, 0.1) is 72.8 Å². The Hall–Kier alpha value is -9.22. The average Bonchev–Trinajstić information content (AvgIpc) is 0.745. The van der Waals surface area contributed by atoms with E-state index in [4.69, 9.17) is 0 Å². The van der Waals surface area contributed by atoms with E-state index in [0.717, 1.165) is 104 Å². The van der Waals surface area contributed by atoms with Crippen LogP contribution in [0.25, 0.3) is 162 Å². The Morgan fingerprint density at radius 3 is 0.734 bits per heavy atom. The van der Waals surface area contributed by atoms with E-state index < -0.39 is 24.4 Å². The minimum absolute atomic E-state index is 0. The molecule has 0 saturated carbocycles. The van der Waals surface area contributed by atoms with Gasteiger partial charge in [-0.1, -0.05) is 279 Å². The molecule has 4 atom stereocenters. The summed E-state index contributed by atoms with van der Waals surface area (Å²) >= 11 is 0. The van der Waals surface area contributed by atoms with Gasteiger partial charge in [-0.05, 0) is 124 Å². The van der Waals surface area contributed by atoms with Crippen molar-refractivity contribution in [1.82, 2.24) is 49.8 Å². The van der Waals surface area contributed by atoms with Crippen LogP contribution in [0.4, 0.5) is 0 Å². The number of benzene rings is 15. The van der Waals surface area contributed by atoms with Crippen molar-refractivity contribution in [3.8, 4) is 0 Å². The molecule has 5 heterocycles. The number of fused-ring (bicyclic) bond motifs is 30. The van der Waals surface area contributed by atoms with Crippen LogP contribution in [-0.2, 0) is 108 Å². The number of hydrogen-bond acceptors (Lipinski definition) is 14. The molecule has 0 spiro atoms. The molecule has 20 rings (SSSR count). The van der Waals surface area contributed by atoms with E-state index in [-0.39, 0.29) is 130 Å². The van der Waals surface area contributed by atoms with Gasteiger partial charge in [0.25, 0.3) is 0 Å². The zero-order valence-electron chi connectivity index (χ0n) is 75.3. The van der Waals surface area contributed by atoms with Crippen LogP contribution in [0.1, 0.15) is 139 Å². The standard InChI is InChI=1S/C20H17N2.3C17H11N2.C16H9N2.2C11H24O2.Ir.3Pt.Rh/c1-20(2,3)19-17-15-10-6-4-8-13(15)14-9-5-7-11-16(14)18(17)21-12-22-19;3*1-11-16-14-8-4-2-6-12(14)13-7-3-5-9-15(13)17(16)19-10-18-11;1-2-7-13-11(5-1)12-6-3-4-8-14(12)16-15(13)9-17-10-18-16;2*1-10(2,3)8(12)7-9(13)11(4,5)6;;;;;/h4-10,12H,1-3H3;3*2-8,10H,1H3;1-7,9-10H;2*8-9,12-13H,7H2,1-6H3;;;;;/q5*-1;;;;;;;. The molecule has 0 saturated heterocycles. The number of aryl methyl sites for hydroxylation is 3. The quantitative estimate of drug-likeness (QED) is 0.0734. The summed E-state index contributed by atoms with van der Waals surface area (Å²) < 4.78 is 0. The Morgan fingerprint density at radius 1 is 0.258 bits per heavy atom. The molecule has 0 aliphatic heterocycles. The summed E-state index contributed by atoms with van der Waals surface area (Å²) in [4.78, 5) is 44.2. The van der Waals surface area contributed by atoms with Gasteiger partial charge in [0.05, 0.1) is 24.4 Å². The molecular formula is C109H107IrN10O4Pt3Rh-5. The molecule has 670 valence electrons. The molecule has 0 aliphatic rings. The van der Waals surface area contributed by atoms with E-state index in [1.807, 2.05) is 177 Å². The van der Waals surface area contributed by atoms with Gasteiger partial charge in [0.1, 0.15) is 31.6 Å². The van der Waals surface area contributed by atoms with Gasteiger partial charge in [-0.3, -0.25) is 24.9 Å². The van der Waals surface area contributed by atoms with Gasteiger partial charge in [0, 0.05) is 150 Å². The van der Waals surface area contributed by atoms with Gasteiger partial charge in [-0.2, -0.15) is 0 Å². The van der Waals surface area contributed by atoms with E-state index in [9.17, 15) is 20.4 Å². The van der Waals surface area contributed by atoms with Crippen LogP contribution >= 0.6 is 0 Å². The summed E-state index contributed by atoms with van der Waals surface area (Å²) in [6.45, 7) is 36.4. The second kappa shape index (κ2) is 43.2. The third-order valence-electron chi connectivity index (χ3n) is 23.2. The Bertz CT molecular complexity index is 6450. The SMILES string of the molecule is CC(C)(C)C(O)CC(O)C(C)(C)C.CC(C)(C)C(O)CC(O)C(C)(C)C.CC(C)(C)c1ncnc2c3[c-]cccc3c3ccccc3c12.Cc1ncnc2c3[c-]cccc3c3ccccc3c12.Cc1ncnc2c3[c-]cccc3c3ccccc3c12.Cc1ncnc2c3[c-]cccc3c3ccccc3c12.[Ir].[Pt].[Pt].[Pt].[Rh].[c-]1cccc2c1c1ncncc1c1ccccc21. The van der Waals surface area contributed by atoms with Crippen LogP contribution in [0.5, 0.6) is 0 Å². The number of aliphatic hydroxyl groups excluding tert-OH is 4. The first kappa shape index (κ1) is 103. The fourth-order valence-electron chi connectivity index (χ4n) is 15.9. The van der Waals surface area contributed by atoms with Gasteiger partial charge < -0.3 is 20.4 Å². The van der Waals surface area contributed by atoms with Crippen molar-refractivity contribution in [3.05, 3.63) is 303 Å². The molecule has 0 bridgehead atoms. The minimum Gasteiger partial charge on any atom is -0.392 e. The summed E-state index contributed by atoms with van der Waals surface area (Å²) in [5.74, 6) is 0. The summed E-state index contributed by atoms with van der Waals surface area (Å²) in [7, 11) is 0. The average molecular weight is 2500 g/mol. The molecule has 19 heteroatoms. The van der Waals surface area contributed by atoms with Crippen LogP contribution in [0.15, 0.2) is 250 Å². The molecule has 14 nitrogen and oxygen atoms in total. The first-order valence-corrected chi connectivity index (χ1v) is 42.1. The summed E-state index contributed by atoms with van der Waals surface area (Å²) in [5, 5.41) is 68.2. The first-order valence-electron chi connectivity index (χ1n) is 42.1. The van der Waals surface area contributed by atoms with E-state index in [0.29, 0.717) is 12.8 Å². The molecule has 0 fully saturated rings. The third-order valence-corrected chi connectivity index (χ3v) is 23.2. The van der Waals surface area contributed by atoms with E-state index >= 15 is 0 Å². The largest absolute Gasteiger partial charge is 0.392 e. The maximum Gasteiger partial charge on any atom is 0.105 e. The Kier molecular flexibility index (Phi) is 34.6. The molecule has 5 aromatic heterocycles. The van der Waals surface area contributed by atoms with E-state index in [1.165, 1.54) is 80.8 Å². The molecule has 15 aromatic carbocycles. The zero-order chi connectivity index (χ0) is 87.5. The molecule has 20 aromatic rings. The molecular weight excluding hydrogens is 2390 g/mol. The van der Waals surface area contributed by atoms with Crippen molar-refractivity contribution < 1.29 is 123 Å². The van der Waals surface area contributed by atoms with Crippen molar-refractivity contribution in [3.63, 3.8) is 0 Å². The zero-order valence-corrected chi connectivity index (χ0v) is 86.1. The van der Waals surface area contributed by atoms with Crippen LogP contribution in [-0.4, -0.2) is 94.7 Å². The first-order chi connectivity index (χ1) is 58.7. The molecule has 0 amide bonds. The number of hydrogen-bond donors (Lipinski definition) is 4. The van der Waals surface area contributed by atoms with Crippen molar-refractivity contribution >= 4 is 162 Å². The predicted molar refractivity (Wildman–Crippen MR) is 511 cm³/mol. The fraction of sp³-hybridized carbons (Fsp3) is 0.266. The van der Waals surface area contributed by atoms with Crippen LogP contribution < -0.4 is 0 Å². The third kappa shape index (κ3) is 22.2. The Morgan fingerprint density at radius 2 is 0.469 bits per heavy atom. The van der Waals surface area contributed by atoms with E-state index in [1.54, 1.807) is 31.6 Å². The molecule has 0 aliphatic carbocycles. The fourth-order valence-corrected chi connectivity index (χ4v) is 15.9. The van der Waals surface area contributed by atoms with Gasteiger partial charge in [-0.15, -0.1) is 148 Å². The maximum atomic E-state index is 9.76. The maximum absolute atomic E-state index is 9.76. The summed E-state index contributed by atoms with van der Waals surface area (Å²) in [6, 6.07) is 89.2.